The molecule has 1 aromatic carbocycles. The normalized spacial score (nSPS) is 10.8. The second-order valence-electron chi connectivity index (χ2n) is 4.83. The summed E-state index contributed by atoms with van der Waals surface area (Å²) in [6, 6.07) is 11.3. The smallest absolute Gasteiger partial charge is 0.273 e. The van der Waals surface area contributed by atoms with E-state index in [1.165, 1.54) is 0 Å². The van der Waals surface area contributed by atoms with Gasteiger partial charge in [0, 0.05) is 18.2 Å². The van der Waals surface area contributed by atoms with Crippen LogP contribution in [0.2, 0.25) is 0 Å². The Balaban J connectivity index is 2.00. The molecule has 0 unspecified atom stereocenters. The van der Waals surface area contributed by atoms with Gasteiger partial charge in [0.2, 0.25) is 0 Å². The molecule has 0 spiro atoms. The lowest BCUT2D eigenvalue weighted by Gasteiger charge is -2.11. The zero-order valence-corrected chi connectivity index (χ0v) is 11.9. The lowest BCUT2D eigenvalue weighted by Crippen LogP contribution is -2.29. The Morgan fingerprint density at radius 1 is 1.25 bits per heavy atom. The van der Waals surface area contributed by atoms with E-state index in [0.29, 0.717) is 23.9 Å². The standard InChI is InChI=1S/C16H20N2O2/c1-3-12(4-2)11-17-16(19)14-10-15(20-18-14)13-8-6-5-7-9-13/h5-10,12H,3-4,11H2,1-2H3,(H,17,19). The first-order valence-electron chi connectivity index (χ1n) is 7.04. The molecule has 0 saturated carbocycles. The molecular formula is C16H20N2O2. The molecule has 4 heteroatoms. The van der Waals surface area contributed by atoms with Gasteiger partial charge < -0.3 is 9.84 Å². The molecule has 0 saturated heterocycles. The third-order valence-corrected chi connectivity index (χ3v) is 3.51. The van der Waals surface area contributed by atoms with Gasteiger partial charge >= 0.3 is 0 Å². The number of hydrogen-bond donors (Lipinski definition) is 1. The Labute approximate surface area is 119 Å². The zero-order valence-electron chi connectivity index (χ0n) is 11.9. The molecule has 0 atom stereocenters. The van der Waals surface area contributed by atoms with Gasteiger partial charge in [-0.1, -0.05) is 62.2 Å². The van der Waals surface area contributed by atoms with Gasteiger partial charge in [0.1, 0.15) is 0 Å². The zero-order chi connectivity index (χ0) is 14.4. The predicted octanol–water partition coefficient (Wildman–Crippen LogP) is 3.51. The molecule has 0 radical (unpaired) electrons. The van der Waals surface area contributed by atoms with Crippen molar-refractivity contribution in [2.75, 3.05) is 6.54 Å². The van der Waals surface area contributed by atoms with Crippen LogP contribution < -0.4 is 5.32 Å². The van der Waals surface area contributed by atoms with Gasteiger partial charge in [0.25, 0.3) is 5.91 Å². The molecule has 0 aliphatic heterocycles. The van der Waals surface area contributed by atoms with Gasteiger partial charge in [-0.3, -0.25) is 4.79 Å². The number of nitrogens with one attached hydrogen (secondary N) is 1. The molecule has 20 heavy (non-hydrogen) atoms. The highest BCUT2D eigenvalue weighted by Gasteiger charge is 2.14. The van der Waals surface area contributed by atoms with E-state index in [4.69, 9.17) is 4.52 Å². The summed E-state index contributed by atoms with van der Waals surface area (Å²) in [5, 5.41) is 6.74. The summed E-state index contributed by atoms with van der Waals surface area (Å²) in [4.78, 5) is 12.0. The van der Waals surface area contributed by atoms with E-state index in [2.05, 4.69) is 24.3 Å². The molecule has 1 heterocycles. The van der Waals surface area contributed by atoms with Gasteiger partial charge in [0.15, 0.2) is 11.5 Å². The molecule has 0 aliphatic rings. The lowest BCUT2D eigenvalue weighted by atomic mass is 10.0. The first-order chi connectivity index (χ1) is 9.74. The fourth-order valence-corrected chi connectivity index (χ4v) is 2.03. The fourth-order valence-electron chi connectivity index (χ4n) is 2.03. The average Bonchev–Trinajstić information content (AvgIpc) is 2.99. The number of hydrogen-bond acceptors (Lipinski definition) is 3. The maximum Gasteiger partial charge on any atom is 0.273 e. The monoisotopic (exact) mass is 272 g/mol. The molecule has 0 aliphatic carbocycles. The molecule has 1 aromatic heterocycles. The number of carbonyl (C=O) groups is 1. The largest absolute Gasteiger partial charge is 0.355 e. The summed E-state index contributed by atoms with van der Waals surface area (Å²) >= 11 is 0. The average molecular weight is 272 g/mol. The molecule has 2 aromatic rings. The van der Waals surface area contributed by atoms with Crippen molar-refractivity contribution >= 4 is 5.91 Å². The quantitative estimate of drug-likeness (QED) is 0.875. The van der Waals surface area contributed by atoms with Crippen molar-refractivity contribution in [2.24, 2.45) is 5.92 Å². The maximum atomic E-state index is 12.0. The van der Waals surface area contributed by atoms with Crippen LogP contribution >= 0.6 is 0 Å². The van der Waals surface area contributed by atoms with E-state index < -0.39 is 0 Å². The molecule has 0 bridgehead atoms. The minimum atomic E-state index is -0.178. The third-order valence-electron chi connectivity index (χ3n) is 3.51. The Kier molecular flexibility index (Phi) is 4.93. The van der Waals surface area contributed by atoms with E-state index in [0.717, 1.165) is 18.4 Å². The van der Waals surface area contributed by atoms with Crippen molar-refractivity contribution in [1.82, 2.24) is 10.5 Å². The Hall–Kier alpha value is -2.10. The first-order valence-corrected chi connectivity index (χ1v) is 7.04. The summed E-state index contributed by atoms with van der Waals surface area (Å²) in [5.74, 6) is 0.945. The van der Waals surface area contributed by atoms with Crippen LogP contribution in [0.15, 0.2) is 40.9 Å². The molecule has 2 rings (SSSR count). The maximum absolute atomic E-state index is 12.0. The number of rotatable bonds is 6. The van der Waals surface area contributed by atoms with Crippen LogP contribution in [0, 0.1) is 5.92 Å². The summed E-state index contributed by atoms with van der Waals surface area (Å²) in [5.41, 5.74) is 1.24. The number of carbonyl (C=O) groups excluding carboxylic acids is 1. The Morgan fingerprint density at radius 2 is 1.95 bits per heavy atom. The second-order valence-corrected chi connectivity index (χ2v) is 4.83. The van der Waals surface area contributed by atoms with E-state index in [-0.39, 0.29) is 5.91 Å². The fraction of sp³-hybridized carbons (Fsp3) is 0.375. The predicted molar refractivity (Wildman–Crippen MR) is 78.3 cm³/mol. The molecule has 0 fully saturated rings. The van der Waals surface area contributed by atoms with Crippen LogP contribution in [0.1, 0.15) is 37.2 Å². The molecule has 106 valence electrons. The SMILES string of the molecule is CCC(CC)CNC(=O)c1cc(-c2ccccc2)on1. The first kappa shape index (κ1) is 14.3. The Morgan fingerprint density at radius 3 is 2.60 bits per heavy atom. The third kappa shape index (κ3) is 3.47. The summed E-state index contributed by atoms with van der Waals surface area (Å²) in [6.45, 7) is 4.94. The van der Waals surface area contributed by atoms with E-state index in [9.17, 15) is 4.79 Å². The van der Waals surface area contributed by atoms with Crippen LogP contribution in [0.25, 0.3) is 11.3 Å². The number of aromatic nitrogens is 1. The number of amides is 1. The highest BCUT2D eigenvalue weighted by molar-refractivity contribution is 5.93. The van der Waals surface area contributed by atoms with Crippen molar-refractivity contribution < 1.29 is 9.32 Å². The summed E-state index contributed by atoms with van der Waals surface area (Å²) in [7, 11) is 0. The summed E-state index contributed by atoms with van der Waals surface area (Å²) in [6.07, 6.45) is 2.12. The van der Waals surface area contributed by atoms with Crippen molar-refractivity contribution in [3.63, 3.8) is 0 Å². The summed E-state index contributed by atoms with van der Waals surface area (Å²) < 4.78 is 5.22. The molecular weight excluding hydrogens is 252 g/mol. The van der Waals surface area contributed by atoms with Gasteiger partial charge in [-0.15, -0.1) is 0 Å². The van der Waals surface area contributed by atoms with Crippen molar-refractivity contribution in [1.29, 1.82) is 0 Å². The van der Waals surface area contributed by atoms with Crippen molar-refractivity contribution in [2.45, 2.75) is 26.7 Å². The van der Waals surface area contributed by atoms with Gasteiger partial charge in [-0.25, -0.2) is 0 Å². The number of nitrogens with zero attached hydrogens (tertiary/aromatic N) is 1. The van der Waals surface area contributed by atoms with Crippen LogP contribution in [-0.4, -0.2) is 17.6 Å². The molecule has 1 N–H and O–H groups in total. The molecule has 1 amide bonds. The minimum Gasteiger partial charge on any atom is -0.355 e. The van der Waals surface area contributed by atoms with Gasteiger partial charge in [0.05, 0.1) is 0 Å². The van der Waals surface area contributed by atoms with Crippen molar-refractivity contribution in [3.05, 3.63) is 42.1 Å². The minimum absolute atomic E-state index is 0.178. The van der Waals surface area contributed by atoms with Crippen LogP contribution in [0.4, 0.5) is 0 Å². The van der Waals surface area contributed by atoms with Crippen LogP contribution in [0.3, 0.4) is 0 Å². The van der Waals surface area contributed by atoms with E-state index in [1.807, 2.05) is 30.3 Å². The topological polar surface area (TPSA) is 55.1 Å². The second kappa shape index (κ2) is 6.89. The molecule has 4 nitrogen and oxygen atoms in total. The van der Waals surface area contributed by atoms with Crippen LogP contribution in [0.5, 0.6) is 0 Å². The highest BCUT2D eigenvalue weighted by Crippen LogP contribution is 2.19. The lowest BCUT2D eigenvalue weighted by molar-refractivity contribution is 0.0937. The van der Waals surface area contributed by atoms with E-state index in [1.54, 1.807) is 6.07 Å². The van der Waals surface area contributed by atoms with Gasteiger partial charge in [-0.2, -0.15) is 0 Å². The van der Waals surface area contributed by atoms with E-state index >= 15 is 0 Å². The number of benzene rings is 1. The van der Waals surface area contributed by atoms with Crippen molar-refractivity contribution in [3.8, 4) is 11.3 Å². The Bertz CT molecular complexity index is 545. The van der Waals surface area contributed by atoms with Crippen LogP contribution in [-0.2, 0) is 0 Å². The highest BCUT2D eigenvalue weighted by atomic mass is 16.5. The van der Waals surface area contributed by atoms with Gasteiger partial charge in [-0.05, 0) is 5.92 Å².